The number of allylic oxidation sites excluding steroid dienone is 1. The van der Waals surface area contributed by atoms with Crippen LogP contribution in [0, 0.1) is 0 Å². The molecule has 0 aliphatic heterocycles. The maximum Gasteiger partial charge on any atom is 0.407 e. The van der Waals surface area contributed by atoms with E-state index in [1.165, 1.54) is 70.6 Å². The van der Waals surface area contributed by atoms with Gasteiger partial charge in [0.25, 0.3) is 0 Å². The summed E-state index contributed by atoms with van der Waals surface area (Å²) in [4.78, 5) is 24.1. The number of nitrogens with zero attached hydrogens (tertiary/aromatic N) is 1. The van der Waals surface area contributed by atoms with Gasteiger partial charge in [-0.1, -0.05) is 101 Å². The Balaban J connectivity index is 1.97. The number of carbonyl (C=O) groups excluding carboxylic acids is 2. The quantitative estimate of drug-likeness (QED) is 0.0607. The number of hydrogen-bond donors (Lipinski definition) is 1. The minimum atomic E-state index is -0.405. The molecule has 1 N–H and O–H groups in total. The molecule has 1 rings (SSSR count). The number of unbranched alkanes of at least 4 members (excludes halogenated alkanes) is 14. The number of hydrogen-bond acceptors (Lipinski definition) is 5. The fraction of sp³-hybridized carbons (Fsp3) is 0.774. The van der Waals surface area contributed by atoms with E-state index in [0.29, 0.717) is 13.0 Å². The van der Waals surface area contributed by atoms with Gasteiger partial charge in [-0.2, -0.15) is 4.57 Å². The monoisotopic (exact) mass is 551 g/mol. The van der Waals surface area contributed by atoms with Crippen LogP contribution in [0.5, 0.6) is 0 Å². The van der Waals surface area contributed by atoms with Crippen LogP contribution in [-0.2, 0) is 20.8 Å². The van der Waals surface area contributed by atoms with Crippen LogP contribution in [0.2, 0.25) is 0 Å². The highest BCUT2D eigenvalue weighted by atomic mass is 32.1. The summed E-state index contributed by atoms with van der Waals surface area (Å²) in [5, 5.41) is 4.90. The molecular weight excluding hydrogens is 496 g/mol. The lowest BCUT2D eigenvalue weighted by atomic mass is 10.0. The van der Waals surface area contributed by atoms with Crippen molar-refractivity contribution in [2.24, 2.45) is 0 Å². The van der Waals surface area contributed by atoms with Crippen LogP contribution < -0.4 is 9.88 Å². The summed E-state index contributed by atoms with van der Waals surface area (Å²) in [5.74, 6) is -0.196. The molecule has 38 heavy (non-hydrogen) atoms. The second-order valence-corrected chi connectivity index (χ2v) is 11.3. The maximum absolute atomic E-state index is 12.1. The van der Waals surface area contributed by atoms with Crippen molar-refractivity contribution in [2.75, 3.05) is 19.8 Å². The minimum absolute atomic E-state index is 0.151. The Morgan fingerprint density at radius 3 is 1.92 bits per heavy atom. The Labute approximate surface area is 236 Å². The normalized spacial score (nSPS) is 10.8. The fourth-order valence-corrected chi connectivity index (χ4v) is 4.87. The Bertz CT molecular complexity index is 745. The van der Waals surface area contributed by atoms with Crippen LogP contribution in [0.15, 0.2) is 28.2 Å². The van der Waals surface area contributed by atoms with Gasteiger partial charge >= 0.3 is 12.1 Å². The average Bonchev–Trinajstić information content (AvgIpc) is 3.42. The first-order chi connectivity index (χ1) is 18.5. The molecule has 0 radical (unpaired) electrons. The Kier molecular flexibility index (Phi) is 21.7. The van der Waals surface area contributed by atoms with Crippen molar-refractivity contribution in [2.45, 2.75) is 136 Å². The number of rotatable bonds is 24. The van der Waals surface area contributed by atoms with Crippen LogP contribution in [0.1, 0.15) is 130 Å². The lowest BCUT2D eigenvalue weighted by Crippen LogP contribution is -2.29. The highest BCUT2D eigenvalue weighted by Crippen LogP contribution is 2.12. The van der Waals surface area contributed by atoms with Crippen molar-refractivity contribution in [3.05, 3.63) is 28.2 Å². The first-order valence-electron chi connectivity index (χ1n) is 15.2. The van der Waals surface area contributed by atoms with Gasteiger partial charge in [-0.15, -0.1) is 0 Å². The number of nitrogens with one attached hydrogen (secondary N) is 1. The van der Waals surface area contributed by atoms with Crippen molar-refractivity contribution in [3.8, 4) is 0 Å². The molecule has 1 aromatic rings. The maximum atomic E-state index is 12.1. The molecule has 0 unspecified atom stereocenters. The van der Waals surface area contributed by atoms with E-state index in [1.807, 2.05) is 13.8 Å². The summed E-state index contributed by atoms with van der Waals surface area (Å²) in [5.41, 5.74) is 3.94. The van der Waals surface area contributed by atoms with Crippen LogP contribution in [0.4, 0.5) is 4.79 Å². The van der Waals surface area contributed by atoms with Gasteiger partial charge in [0.15, 0.2) is 6.20 Å². The molecule has 1 heterocycles. The van der Waals surface area contributed by atoms with Crippen LogP contribution >= 0.6 is 11.3 Å². The summed E-state index contributed by atoms with van der Waals surface area (Å²) in [6, 6.07) is 0. The zero-order valence-electron chi connectivity index (χ0n) is 24.6. The van der Waals surface area contributed by atoms with Crippen molar-refractivity contribution >= 4 is 23.4 Å². The summed E-state index contributed by atoms with van der Waals surface area (Å²) in [6.45, 7) is 8.11. The molecule has 0 spiro atoms. The predicted octanol–water partition coefficient (Wildman–Crippen LogP) is 8.29. The highest BCUT2D eigenvalue weighted by Gasteiger charge is 2.10. The van der Waals surface area contributed by atoms with Crippen LogP contribution in [0.25, 0.3) is 0 Å². The van der Waals surface area contributed by atoms with Crippen molar-refractivity contribution in [1.82, 2.24) is 5.32 Å². The lowest BCUT2D eigenvalue weighted by Gasteiger charge is -2.12. The number of aryl methyl sites for hydroxylation is 1. The molecule has 6 nitrogen and oxygen atoms in total. The van der Waals surface area contributed by atoms with Gasteiger partial charge in [0.05, 0.1) is 5.38 Å². The van der Waals surface area contributed by atoms with E-state index in [-0.39, 0.29) is 19.2 Å². The minimum Gasteiger partial charge on any atom is -0.461 e. The number of esters is 1. The standard InChI is InChI=1S/C31H54N2O4S/c1-4-5-6-7-8-9-10-11-12-13-14-15-18-21-32-31(35)37-26-29(28(2)3)25-36-30(34)20-17-16-19-22-33-23-24-38-27-33/h23-24,27H,4-22,25-26H2,1-3H3/p+1. The number of amides is 1. The molecule has 0 fully saturated rings. The number of alkyl carbamates (subject to hydrolysis) is 1. The first-order valence-corrected chi connectivity index (χ1v) is 16.1. The van der Waals surface area contributed by atoms with Crippen molar-refractivity contribution < 1.29 is 23.6 Å². The van der Waals surface area contributed by atoms with Gasteiger partial charge in [-0.3, -0.25) is 4.79 Å². The molecular formula is C31H55N2O4S+. The van der Waals surface area contributed by atoms with Gasteiger partial charge in [-0.05, 0) is 33.1 Å². The van der Waals surface area contributed by atoms with E-state index in [9.17, 15) is 9.59 Å². The summed E-state index contributed by atoms with van der Waals surface area (Å²) in [6.07, 6.45) is 22.0. The van der Waals surface area contributed by atoms with Gasteiger partial charge < -0.3 is 14.8 Å². The third-order valence-electron chi connectivity index (χ3n) is 6.87. The van der Waals surface area contributed by atoms with Gasteiger partial charge in [-0.25, -0.2) is 4.79 Å². The Morgan fingerprint density at radius 2 is 1.34 bits per heavy atom. The molecule has 7 heteroatoms. The van der Waals surface area contributed by atoms with Crippen molar-refractivity contribution in [1.29, 1.82) is 0 Å². The smallest absolute Gasteiger partial charge is 0.407 e. The van der Waals surface area contributed by atoms with Crippen LogP contribution in [0.3, 0.4) is 0 Å². The van der Waals surface area contributed by atoms with E-state index in [0.717, 1.165) is 49.8 Å². The fourth-order valence-electron chi connectivity index (χ4n) is 4.24. The van der Waals surface area contributed by atoms with E-state index in [4.69, 9.17) is 9.47 Å². The molecule has 0 saturated heterocycles. The lowest BCUT2D eigenvalue weighted by molar-refractivity contribution is -0.692. The number of ether oxygens (including phenoxy) is 2. The zero-order valence-corrected chi connectivity index (χ0v) is 25.4. The zero-order chi connectivity index (χ0) is 27.7. The van der Waals surface area contributed by atoms with Crippen LogP contribution in [-0.4, -0.2) is 31.8 Å². The van der Waals surface area contributed by atoms with E-state index >= 15 is 0 Å². The third kappa shape index (κ3) is 20.1. The predicted molar refractivity (Wildman–Crippen MR) is 157 cm³/mol. The molecule has 1 amide bonds. The van der Waals surface area contributed by atoms with Gasteiger partial charge in [0.2, 0.25) is 5.51 Å². The van der Waals surface area contributed by atoms with Gasteiger partial charge in [0, 0.05) is 25.0 Å². The van der Waals surface area contributed by atoms with E-state index in [1.54, 1.807) is 11.3 Å². The number of carbonyl (C=O) groups is 2. The first kappa shape index (κ1) is 34.1. The van der Waals surface area contributed by atoms with Crippen molar-refractivity contribution in [3.63, 3.8) is 0 Å². The molecule has 0 saturated carbocycles. The summed E-state index contributed by atoms with van der Waals surface area (Å²) < 4.78 is 12.9. The van der Waals surface area contributed by atoms with Gasteiger partial charge in [0.1, 0.15) is 19.8 Å². The molecule has 0 aromatic carbocycles. The SMILES string of the molecule is CCCCCCCCCCCCCCCNC(=O)OCC(COC(=O)CCCCC[n+]1ccsc1)=C(C)C. The molecule has 0 aliphatic carbocycles. The Hall–Kier alpha value is -1.89. The highest BCUT2D eigenvalue weighted by molar-refractivity contribution is 7.07. The second kappa shape index (κ2) is 24.2. The summed E-state index contributed by atoms with van der Waals surface area (Å²) >= 11 is 1.69. The van der Waals surface area contributed by atoms with E-state index in [2.05, 4.69) is 33.9 Å². The third-order valence-corrected chi connectivity index (χ3v) is 7.54. The average molecular weight is 552 g/mol. The second-order valence-electron chi connectivity index (χ2n) is 10.6. The molecule has 218 valence electrons. The molecule has 0 aliphatic rings. The summed E-state index contributed by atoms with van der Waals surface area (Å²) in [7, 11) is 0. The number of aromatic nitrogens is 1. The molecule has 1 aromatic heterocycles. The Morgan fingerprint density at radius 1 is 0.763 bits per heavy atom. The topological polar surface area (TPSA) is 68.5 Å². The van der Waals surface area contributed by atoms with E-state index < -0.39 is 6.09 Å². The molecule has 0 bridgehead atoms. The molecule has 0 atom stereocenters. The number of thiazole rings is 1. The largest absolute Gasteiger partial charge is 0.461 e.